The number of amides is 4. The summed E-state index contributed by atoms with van der Waals surface area (Å²) in [6, 6.07) is 17.0. The fraction of sp³-hybridized carbons (Fsp3) is 0.433. The minimum absolute atomic E-state index is 0. The highest BCUT2D eigenvalue weighted by Crippen LogP contribution is 2.48. The molecule has 504 valence electrons. The van der Waals surface area contributed by atoms with E-state index in [-0.39, 0.29) is 98.3 Å². The van der Waals surface area contributed by atoms with Crippen LogP contribution in [0, 0.1) is 20.2 Å². The number of nitrogens with two attached hydrogens (primary N) is 1. The van der Waals surface area contributed by atoms with Crippen molar-refractivity contribution >= 4 is 126 Å². The first kappa shape index (κ1) is 79.3. The second-order valence-corrected chi connectivity index (χ2v) is 36.5. The Bertz CT molecular complexity index is 3420. The minimum Gasteiger partial charge on any atom is -0.495 e. The van der Waals surface area contributed by atoms with E-state index in [1.165, 1.54) is 78.9 Å². The average Bonchev–Trinajstić information content (AvgIpc) is 0.796. The van der Waals surface area contributed by atoms with Crippen molar-refractivity contribution in [3.05, 3.63) is 141 Å². The van der Waals surface area contributed by atoms with Gasteiger partial charge in [-0.05, 0) is 57.5 Å². The molecular weight excluding hydrogens is 1330 g/mol. The Morgan fingerprint density at radius 1 is 0.543 bits per heavy atom. The van der Waals surface area contributed by atoms with E-state index in [1.54, 1.807) is 50.5 Å². The predicted molar refractivity (Wildman–Crippen MR) is 374 cm³/mol. The van der Waals surface area contributed by atoms with E-state index in [0.29, 0.717) is 54.9 Å². The molecule has 0 aliphatic carbocycles. The van der Waals surface area contributed by atoms with Crippen molar-refractivity contribution in [2.45, 2.75) is 78.3 Å². The second-order valence-electron chi connectivity index (χ2n) is 23.3. The van der Waals surface area contributed by atoms with E-state index < -0.39 is 38.1 Å². The number of urea groups is 2. The van der Waals surface area contributed by atoms with Crippen LogP contribution in [0.1, 0.15) is 29.8 Å². The van der Waals surface area contributed by atoms with Gasteiger partial charge in [-0.3, -0.25) is 39.8 Å². The van der Waals surface area contributed by atoms with Gasteiger partial charge < -0.3 is 44.0 Å². The number of methoxy groups -OCH3 is 4. The fourth-order valence-electron chi connectivity index (χ4n) is 8.25. The Hall–Kier alpha value is -6.90. The van der Waals surface area contributed by atoms with Crippen LogP contribution < -0.4 is 44.3 Å². The molecule has 92 heavy (non-hydrogen) atoms. The Balaban J connectivity index is 0.000000406. The smallest absolute Gasteiger partial charge is 0.331 e. The molecule has 25 nitrogen and oxygen atoms in total. The van der Waals surface area contributed by atoms with Crippen molar-refractivity contribution in [3.63, 3.8) is 0 Å². The highest BCUT2D eigenvalue weighted by Gasteiger charge is 2.32. The lowest BCUT2D eigenvalue weighted by molar-refractivity contribution is -0.385. The Morgan fingerprint density at radius 3 is 1.29 bits per heavy atom. The third-order valence-corrected chi connectivity index (χ3v) is 18.2. The summed E-state index contributed by atoms with van der Waals surface area (Å²) < 4.78 is 33.4. The molecule has 0 aliphatic heterocycles. The topological polar surface area (TPSA) is 273 Å². The van der Waals surface area contributed by atoms with Gasteiger partial charge in [-0.2, -0.15) is 0 Å². The van der Waals surface area contributed by atoms with Gasteiger partial charge in [0.1, 0.15) is 91.7 Å². The molecule has 2 aromatic heterocycles. The third kappa shape index (κ3) is 23.3. The number of rotatable bonds is 26. The third-order valence-electron chi connectivity index (χ3n) is 13.1. The molecule has 0 aliphatic rings. The summed E-state index contributed by atoms with van der Waals surface area (Å²) in [6.07, 6.45) is 2.74. The molecule has 0 spiro atoms. The minimum atomic E-state index is -1.41. The first-order valence-electron chi connectivity index (χ1n) is 28.0. The number of nitrogen functional groups attached to an aromatic ring is 1. The van der Waals surface area contributed by atoms with Crippen LogP contribution in [0.4, 0.5) is 49.7 Å². The summed E-state index contributed by atoms with van der Waals surface area (Å²) in [4.78, 5) is 74.9. The molecule has 4 aromatic carbocycles. The molecule has 0 radical (unpaired) electrons. The van der Waals surface area contributed by atoms with Crippen LogP contribution in [0.25, 0.3) is 0 Å². The van der Waals surface area contributed by atoms with Crippen LogP contribution >= 0.6 is 58.0 Å². The fourth-order valence-corrected chi connectivity index (χ4v) is 11.3. The maximum absolute atomic E-state index is 14.1. The quantitative estimate of drug-likeness (QED) is 0.0100. The standard InChI is InChI=1S/C30H40Cl2N6O6Si.C20H27Cl3N4O4Si.C9H13N3O2.CH4/c1-35(2)17-20-9-10-21(23(13-20)38(40)41)14-22-15-26(34-18-33-22)36(3)30(39)37(19-44-11-12-45(6,7)8)29-27(31)24(42-4)16-25(43-5)28(29)32;1-26(16-10-15(21)24-11-25-16)20(28)27(12-31-7-8-32(4,5)6)19-17(22)13(29-2)9-14(30-3)18(19)23;1-11(2)6-7-3-4-8(10)9(5-7)12(13)14;/h9-10,13,15-16,18H,11-12,14,17,19H2,1-8H3;9-11H,7-8,12H2,1-6H3;3-5H,6,10H2,1-2H3;1H4. The lowest BCUT2D eigenvalue weighted by Gasteiger charge is -2.30. The number of nitro benzene ring substituents is 2. The summed E-state index contributed by atoms with van der Waals surface area (Å²) in [5, 5.41) is 23.2. The molecular formula is C60H84Cl5N13O12Si2. The molecule has 4 amide bonds. The van der Waals surface area contributed by atoms with Crippen LogP contribution in [0.3, 0.4) is 0 Å². The largest absolute Gasteiger partial charge is 0.495 e. The average molecular weight is 1410 g/mol. The zero-order valence-corrected chi connectivity index (χ0v) is 59.8. The monoisotopic (exact) mass is 1410 g/mol. The van der Waals surface area contributed by atoms with Crippen molar-refractivity contribution < 1.29 is 47.9 Å². The summed E-state index contributed by atoms with van der Waals surface area (Å²) in [7, 11) is 13.8. The molecule has 2 N–H and O–H groups in total. The van der Waals surface area contributed by atoms with Gasteiger partial charge in [0.15, 0.2) is 0 Å². The molecule has 0 atom stereocenters. The van der Waals surface area contributed by atoms with Gasteiger partial charge >= 0.3 is 12.1 Å². The van der Waals surface area contributed by atoms with Crippen molar-refractivity contribution in [3.8, 4) is 23.0 Å². The first-order chi connectivity index (χ1) is 42.7. The SMILES string of the molecule is C.CN(C)Cc1ccc(N)c([N+](=O)[O-])c1.COc1cc(OC)c(Cl)c(N(COCC[Si](C)(C)C)C(=O)N(C)c2cc(Cc3ccc(CN(C)C)cc3[N+](=O)[O-])ncn2)c1Cl.COc1cc(OC)c(Cl)c(N(COCC[Si](C)(C)C)C(=O)N(C)c2cc(Cl)ncn2)c1Cl. The molecule has 0 saturated carbocycles. The lowest BCUT2D eigenvalue weighted by Crippen LogP contribution is -2.43. The van der Waals surface area contributed by atoms with Crippen LogP contribution in [0.2, 0.25) is 76.6 Å². The summed E-state index contributed by atoms with van der Waals surface area (Å²) >= 11 is 32.5. The zero-order chi connectivity index (χ0) is 68.2. The summed E-state index contributed by atoms with van der Waals surface area (Å²) in [5.74, 6) is 1.68. The zero-order valence-electron chi connectivity index (χ0n) is 54.0. The van der Waals surface area contributed by atoms with E-state index >= 15 is 0 Å². The highest BCUT2D eigenvalue weighted by molar-refractivity contribution is 6.76. The van der Waals surface area contributed by atoms with Crippen molar-refractivity contribution in [1.29, 1.82) is 0 Å². The van der Waals surface area contributed by atoms with Gasteiger partial charge in [-0.15, -0.1) is 0 Å². The van der Waals surface area contributed by atoms with Crippen molar-refractivity contribution in [2.75, 3.05) is 123 Å². The normalized spacial score (nSPS) is 11.1. The number of ether oxygens (including phenoxy) is 6. The summed E-state index contributed by atoms with van der Waals surface area (Å²) in [6.45, 7) is 15.3. The maximum Gasteiger partial charge on any atom is 0.331 e. The van der Waals surface area contributed by atoms with Gasteiger partial charge in [0.05, 0.1) is 55.4 Å². The predicted octanol–water partition coefficient (Wildman–Crippen LogP) is 14.4. The molecule has 6 rings (SSSR count). The van der Waals surface area contributed by atoms with Crippen molar-refractivity contribution in [2.24, 2.45) is 0 Å². The second kappa shape index (κ2) is 36.5. The van der Waals surface area contributed by atoms with E-state index in [4.69, 9.17) is 92.2 Å². The van der Waals surface area contributed by atoms with E-state index in [2.05, 4.69) is 59.2 Å². The number of hydrogen-bond donors (Lipinski definition) is 1. The van der Waals surface area contributed by atoms with Crippen LogP contribution in [-0.2, 0) is 29.0 Å². The number of aromatic nitrogens is 4. The Kier molecular flexibility index (Phi) is 31.5. The van der Waals surface area contributed by atoms with Gasteiger partial charge in [0.25, 0.3) is 11.4 Å². The maximum atomic E-state index is 14.1. The van der Waals surface area contributed by atoms with E-state index in [1.807, 2.05) is 44.1 Å². The van der Waals surface area contributed by atoms with Gasteiger partial charge in [0, 0.05) is 105 Å². The van der Waals surface area contributed by atoms with E-state index in [0.717, 1.165) is 23.2 Å². The number of anilines is 5. The van der Waals surface area contributed by atoms with Crippen LogP contribution in [0.5, 0.6) is 23.0 Å². The van der Waals surface area contributed by atoms with Gasteiger partial charge in [-0.1, -0.05) is 123 Å². The number of hydrogen-bond acceptors (Lipinski definition) is 19. The molecule has 32 heteroatoms. The van der Waals surface area contributed by atoms with Gasteiger partial charge in [0.2, 0.25) is 0 Å². The van der Waals surface area contributed by atoms with Crippen LogP contribution in [-0.4, -0.2) is 165 Å². The lowest BCUT2D eigenvalue weighted by atomic mass is 10.0. The van der Waals surface area contributed by atoms with Gasteiger partial charge in [-0.25, -0.2) is 29.5 Å². The molecule has 0 bridgehead atoms. The number of carbonyl (C=O) groups is 2. The summed E-state index contributed by atoms with van der Waals surface area (Å²) in [5.41, 5.74) is 8.68. The van der Waals surface area contributed by atoms with E-state index in [9.17, 15) is 29.8 Å². The molecule has 2 heterocycles. The highest BCUT2D eigenvalue weighted by atomic mass is 35.5. The van der Waals surface area contributed by atoms with Crippen LogP contribution in [0.15, 0.2) is 73.3 Å². The molecule has 0 fully saturated rings. The number of halogens is 5. The molecule has 6 aromatic rings. The molecule has 0 unspecified atom stereocenters. The number of benzene rings is 4. The Morgan fingerprint density at radius 2 is 0.924 bits per heavy atom. The number of carbonyl (C=O) groups excluding carboxylic acids is 2. The van der Waals surface area contributed by atoms with Crippen molar-refractivity contribution in [1.82, 2.24) is 29.7 Å². The Labute approximate surface area is 565 Å². The molecule has 0 saturated heterocycles. The number of nitro groups is 2. The first-order valence-corrected chi connectivity index (χ1v) is 37.3. The number of nitrogens with zero attached hydrogens (tertiary/aromatic N) is 12.